The van der Waals surface area contributed by atoms with Gasteiger partial charge in [0, 0.05) is 12.6 Å². The van der Waals surface area contributed by atoms with Crippen molar-refractivity contribution < 1.29 is 9.59 Å². The van der Waals surface area contributed by atoms with Gasteiger partial charge in [0.25, 0.3) is 0 Å². The monoisotopic (exact) mass is 286 g/mol. The lowest BCUT2D eigenvalue weighted by Gasteiger charge is -2.49. The second kappa shape index (κ2) is 5.26. The highest BCUT2D eigenvalue weighted by atomic mass is 16.2. The highest BCUT2D eigenvalue weighted by Crippen LogP contribution is 2.43. The molecule has 1 aliphatic heterocycles. The zero-order chi connectivity index (χ0) is 15.0. The van der Waals surface area contributed by atoms with Crippen molar-refractivity contribution >= 4 is 11.8 Å². The van der Waals surface area contributed by atoms with E-state index >= 15 is 0 Å². The van der Waals surface area contributed by atoms with Gasteiger partial charge in [-0.3, -0.25) is 19.4 Å². The van der Waals surface area contributed by atoms with Crippen molar-refractivity contribution in [3.8, 4) is 0 Å². The molecule has 0 aromatic heterocycles. The van der Waals surface area contributed by atoms with Crippen LogP contribution in [0.25, 0.3) is 0 Å². The summed E-state index contributed by atoms with van der Waals surface area (Å²) in [6.45, 7) is 5.71. The maximum Gasteiger partial charge on any atom is 0.243 e. The Hall–Kier alpha value is -1.68. The first-order valence-electron chi connectivity index (χ1n) is 7.56. The number of carbonyl (C=O) groups is 2. The molecule has 2 aliphatic rings. The molecule has 21 heavy (non-hydrogen) atoms. The van der Waals surface area contributed by atoms with Gasteiger partial charge in [-0.1, -0.05) is 44.2 Å². The SMILES string of the molecule is CC1(C)CC(N2C(=O)CN(Cc3ccccc3)CC2=O)C1. The van der Waals surface area contributed by atoms with Crippen LogP contribution in [0.5, 0.6) is 0 Å². The van der Waals surface area contributed by atoms with E-state index in [0.29, 0.717) is 19.6 Å². The van der Waals surface area contributed by atoms with Gasteiger partial charge in [-0.05, 0) is 23.8 Å². The molecule has 4 nitrogen and oxygen atoms in total. The molecular weight excluding hydrogens is 264 g/mol. The molecule has 1 aromatic carbocycles. The highest BCUT2D eigenvalue weighted by molar-refractivity contribution is 6.00. The van der Waals surface area contributed by atoms with Crippen molar-refractivity contribution in [1.29, 1.82) is 0 Å². The summed E-state index contributed by atoms with van der Waals surface area (Å²) in [5.41, 5.74) is 1.41. The van der Waals surface area contributed by atoms with E-state index in [9.17, 15) is 9.59 Å². The van der Waals surface area contributed by atoms with Crippen molar-refractivity contribution in [3.63, 3.8) is 0 Å². The fraction of sp³-hybridized carbons (Fsp3) is 0.529. The van der Waals surface area contributed by atoms with Crippen LogP contribution in [0.3, 0.4) is 0 Å². The number of nitrogens with zero attached hydrogens (tertiary/aromatic N) is 2. The van der Waals surface area contributed by atoms with E-state index in [4.69, 9.17) is 0 Å². The topological polar surface area (TPSA) is 40.6 Å². The molecule has 112 valence electrons. The Morgan fingerprint density at radius 2 is 1.62 bits per heavy atom. The van der Waals surface area contributed by atoms with Gasteiger partial charge in [0.15, 0.2) is 0 Å². The van der Waals surface area contributed by atoms with E-state index in [2.05, 4.69) is 13.8 Å². The van der Waals surface area contributed by atoms with Crippen LogP contribution in [0.2, 0.25) is 0 Å². The number of hydrogen-bond donors (Lipinski definition) is 0. The zero-order valence-corrected chi connectivity index (χ0v) is 12.7. The van der Waals surface area contributed by atoms with E-state index in [1.54, 1.807) is 0 Å². The van der Waals surface area contributed by atoms with E-state index in [-0.39, 0.29) is 23.3 Å². The Bertz CT molecular complexity index is 527. The van der Waals surface area contributed by atoms with Crippen LogP contribution in [0, 0.1) is 5.41 Å². The molecule has 1 heterocycles. The van der Waals surface area contributed by atoms with Gasteiger partial charge >= 0.3 is 0 Å². The third kappa shape index (κ3) is 3.00. The fourth-order valence-corrected chi connectivity index (χ4v) is 3.49. The molecule has 1 saturated heterocycles. The number of piperazine rings is 1. The lowest BCUT2D eigenvalue weighted by molar-refractivity contribution is -0.159. The maximum atomic E-state index is 12.3. The first kappa shape index (κ1) is 14.3. The van der Waals surface area contributed by atoms with Crippen molar-refractivity contribution in [2.45, 2.75) is 39.3 Å². The van der Waals surface area contributed by atoms with Crippen LogP contribution in [0.1, 0.15) is 32.3 Å². The van der Waals surface area contributed by atoms with E-state index < -0.39 is 0 Å². The summed E-state index contributed by atoms with van der Waals surface area (Å²) in [7, 11) is 0. The third-order valence-corrected chi connectivity index (χ3v) is 4.45. The van der Waals surface area contributed by atoms with E-state index in [1.807, 2.05) is 35.2 Å². The summed E-state index contributed by atoms with van der Waals surface area (Å²) in [6.07, 6.45) is 1.87. The molecule has 0 unspecified atom stereocenters. The summed E-state index contributed by atoms with van der Waals surface area (Å²) in [5, 5.41) is 0. The summed E-state index contributed by atoms with van der Waals surface area (Å²) >= 11 is 0. The van der Waals surface area contributed by atoms with Gasteiger partial charge in [0.05, 0.1) is 13.1 Å². The molecule has 2 fully saturated rings. The molecule has 4 heteroatoms. The Morgan fingerprint density at radius 1 is 1.05 bits per heavy atom. The summed E-state index contributed by atoms with van der Waals surface area (Å²) in [6, 6.07) is 10.1. The van der Waals surface area contributed by atoms with Crippen LogP contribution in [-0.2, 0) is 16.1 Å². The first-order chi connectivity index (χ1) is 9.94. The molecule has 1 aromatic rings. The molecule has 0 N–H and O–H groups in total. The Balaban J connectivity index is 1.62. The smallest absolute Gasteiger partial charge is 0.243 e. The van der Waals surface area contributed by atoms with Gasteiger partial charge in [-0.15, -0.1) is 0 Å². The molecule has 1 aliphatic carbocycles. The third-order valence-electron chi connectivity index (χ3n) is 4.45. The number of carbonyl (C=O) groups excluding carboxylic acids is 2. The quantitative estimate of drug-likeness (QED) is 0.799. The van der Waals surface area contributed by atoms with E-state index in [0.717, 1.165) is 18.4 Å². The molecule has 3 rings (SSSR count). The number of hydrogen-bond acceptors (Lipinski definition) is 3. The summed E-state index contributed by atoms with van der Waals surface area (Å²) < 4.78 is 0. The fourth-order valence-electron chi connectivity index (χ4n) is 3.49. The normalized spacial score (nSPS) is 23.2. The van der Waals surface area contributed by atoms with E-state index in [1.165, 1.54) is 4.90 Å². The molecule has 0 bridgehead atoms. The maximum absolute atomic E-state index is 12.3. The van der Waals surface area contributed by atoms with Gasteiger partial charge in [0.2, 0.25) is 11.8 Å². The minimum absolute atomic E-state index is 0.0392. The predicted octanol–water partition coefficient (Wildman–Crippen LogP) is 2.05. The van der Waals surface area contributed by atoms with Crippen LogP contribution in [-0.4, -0.2) is 40.7 Å². The minimum atomic E-state index is -0.0392. The highest BCUT2D eigenvalue weighted by Gasteiger charge is 2.45. The standard InChI is InChI=1S/C17H22N2O2/c1-17(2)8-14(9-17)19-15(20)11-18(12-16(19)21)10-13-6-4-3-5-7-13/h3-7,14H,8-12H2,1-2H3. The second-order valence-corrected chi connectivity index (χ2v) is 7.01. The number of rotatable bonds is 3. The molecule has 1 saturated carbocycles. The van der Waals surface area contributed by atoms with Crippen molar-refractivity contribution in [2.75, 3.05) is 13.1 Å². The summed E-state index contributed by atoms with van der Waals surface area (Å²) in [4.78, 5) is 28.1. The molecule has 0 atom stereocenters. The van der Waals surface area contributed by atoms with Gasteiger partial charge in [0.1, 0.15) is 0 Å². The van der Waals surface area contributed by atoms with Crippen LogP contribution < -0.4 is 0 Å². The predicted molar refractivity (Wildman–Crippen MR) is 80.4 cm³/mol. The van der Waals surface area contributed by atoms with Crippen LogP contribution in [0.15, 0.2) is 30.3 Å². The second-order valence-electron chi connectivity index (χ2n) is 7.01. The largest absolute Gasteiger partial charge is 0.281 e. The van der Waals surface area contributed by atoms with Gasteiger partial charge in [-0.2, -0.15) is 0 Å². The molecule has 0 radical (unpaired) electrons. The minimum Gasteiger partial charge on any atom is -0.281 e. The first-order valence-corrected chi connectivity index (χ1v) is 7.56. The Kier molecular flexibility index (Phi) is 3.57. The Morgan fingerprint density at radius 3 is 2.14 bits per heavy atom. The summed E-state index contributed by atoms with van der Waals surface area (Å²) in [5.74, 6) is -0.0784. The molecular formula is C17H22N2O2. The molecule has 2 amide bonds. The van der Waals surface area contributed by atoms with Crippen molar-refractivity contribution in [1.82, 2.24) is 9.80 Å². The lowest BCUT2D eigenvalue weighted by Crippen LogP contribution is -2.61. The number of amides is 2. The number of imide groups is 1. The molecule has 0 spiro atoms. The Labute approximate surface area is 125 Å². The van der Waals surface area contributed by atoms with Crippen LogP contribution in [0.4, 0.5) is 0 Å². The lowest BCUT2D eigenvalue weighted by atomic mass is 9.67. The zero-order valence-electron chi connectivity index (χ0n) is 12.7. The number of benzene rings is 1. The van der Waals surface area contributed by atoms with Crippen molar-refractivity contribution in [3.05, 3.63) is 35.9 Å². The van der Waals surface area contributed by atoms with Gasteiger partial charge in [-0.25, -0.2) is 0 Å². The van der Waals surface area contributed by atoms with Gasteiger partial charge < -0.3 is 0 Å². The van der Waals surface area contributed by atoms with Crippen LogP contribution >= 0.6 is 0 Å². The van der Waals surface area contributed by atoms with Crippen molar-refractivity contribution in [2.24, 2.45) is 5.41 Å². The average molecular weight is 286 g/mol. The average Bonchev–Trinajstić information content (AvgIpc) is 2.37.